The first-order valence-corrected chi connectivity index (χ1v) is 10.9. The number of nitrogens with zero attached hydrogens (tertiary/aromatic N) is 4. The normalized spacial score (nSPS) is 24.4. The van der Waals surface area contributed by atoms with Gasteiger partial charge in [-0.3, -0.25) is 9.69 Å². The van der Waals surface area contributed by atoms with Crippen LogP contribution in [0.3, 0.4) is 0 Å². The minimum absolute atomic E-state index is 0.00296. The number of piperidine rings is 1. The monoisotopic (exact) mass is 369 g/mol. The van der Waals surface area contributed by atoms with Gasteiger partial charge in [0.1, 0.15) is 6.33 Å². The van der Waals surface area contributed by atoms with E-state index in [0.29, 0.717) is 12.3 Å². The van der Waals surface area contributed by atoms with Crippen molar-refractivity contribution in [1.82, 2.24) is 25.0 Å². The molecule has 2 aliphatic heterocycles. The molecule has 1 atom stereocenters. The van der Waals surface area contributed by atoms with Gasteiger partial charge in [0.15, 0.2) is 15.7 Å². The number of carbonyl (C=O) groups excluding carboxylic acids is 1. The van der Waals surface area contributed by atoms with Gasteiger partial charge < -0.3 is 9.88 Å². The van der Waals surface area contributed by atoms with Crippen molar-refractivity contribution in [1.29, 1.82) is 0 Å². The predicted molar refractivity (Wildman–Crippen MR) is 93.5 cm³/mol. The molecule has 0 bridgehead atoms. The van der Waals surface area contributed by atoms with E-state index in [-0.39, 0.29) is 23.6 Å². The molecule has 9 heteroatoms. The van der Waals surface area contributed by atoms with Gasteiger partial charge in [-0.1, -0.05) is 6.92 Å². The van der Waals surface area contributed by atoms with Crippen LogP contribution in [0.4, 0.5) is 0 Å². The molecule has 1 N–H and O–H groups in total. The van der Waals surface area contributed by atoms with Gasteiger partial charge in [0.2, 0.25) is 5.91 Å². The van der Waals surface area contributed by atoms with E-state index >= 15 is 0 Å². The van der Waals surface area contributed by atoms with Crippen molar-refractivity contribution in [3.05, 3.63) is 12.2 Å². The van der Waals surface area contributed by atoms with E-state index in [1.165, 1.54) is 0 Å². The highest BCUT2D eigenvalue weighted by Crippen LogP contribution is 2.24. The molecule has 140 valence electrons. The Labute approximate surface area is 148 Å². The summed E-state index contributed by atoms with van der Waals surface area (Å²) < 4.78 is 25.2. The molecule has 3 rings (SSSR count). The molecular weight excluding hydrogens is 342 g/mol. The molecule has 2 saturated heterocycles. The zero-order valence-electron chi connectivity index (χ0n) is 14.7. The fourth-order valence-corrected chi connectivity index (χ4v) is 5.51. The Morgan fingerprint density at radius 1 is 1.32 bits per heavy atom. The van der Waals surface area contributed by atoms with Crippen LogP contribution in [0.25, 0.3) is 0 Å². The van der Waals surface area contributed by atoms with Gasteiger partial charge in [-0.25, -0.2) is 8.42 Å². The van der Waals surface area contributed by atoms with Crippen LogP contribution in [0.15, 0.2) is 6.33 Å². The fraction of sp³-hybridized carbons (Fsp3) is 0.812. The fourth-order valence-electron chi connectivity index (χ4n) is 3.74. The molecule has 1 aromatic heterocycles. The molecule has 0 saturated carbocycles. The average Bonchev–Trinajstić information content (AvgIpc) is 3.19. The predicted octanol–water partition coefficient (Wildman–Crippen LogP) is 0.203. The lowest BCUT2D eigenvalue weighted by atomic mass is 9.94. The molecule has 1 aromatic rings. The van der Waals surface area contributed by atoms with Crippen LogP contribution in [-0.4, -0.2) is 64.6 Å². The quantitative estimate of drug-likeness (QED) is 0.770. The minimum Gasteiger partial charge on any atom is -0.349 e. The molecule has 25 heavy (non-hydrogen) atoms. The molecule has 0 aromatic carbocycles. The number of hydrogen-bond acceptors (Lipinski definition) is 6. The van der Waals surface area contributed by atoms with E-state index in [4.69, 9.17) is 0 Å². The van der Waals surface area contributed by atoms with E-state index in [1.807, 2.05) is 4.57 Å². The third kappa shape index (κ3) is 4.58. The molecular formula is C16H27N5O3S. The molecule has 0 aliphatic carbocycles. The number of rotatable bonds is 6. The Kier molecular flexibility index (Phi) is 5.73. The largest absolute Gasteiger partial charge is 0.349 e. The minimum atomic E-state index is -2.85. The van der Waals surface area contributed by atoms with E-state index in [0.717, 1.165) is 51.1 Å². The van der Waals surface area contributed by atoms with Gasteiger partial charge in [-0.05, 0) is 38.8 Å². The summed E-state index contributed by atoms with van der Waals surface area (Å²) >= 11 is 0. The first-order valence-electron chi connectivity index (χ1n) is 9.07. The second-order valence-electron chi connectivity index (χ2n) is 7.03. The van der Waals surface area contributed by atoms with Crippen LogP contribution >= 0.6 is 0 Å². The highest BCUT2D eigenvalue weighted by Gasteiger charge is 2.35. The summed E-state index contributed by atoms with van der Waals surface area (Å²) in [6.45, 7) is 4.93. The lowest BCUT2D eigenvalue weighted by molar-refractivity contribution is -0.126. The maximum absolute atomic E-state index is 12.4. The number of carbonyl (C=O) groups is 1. The first-order chi connectivity index (χ1) is 12.0. The second-order valence-corrected chi connectivity index (χ2v) is 9.25. The number of aromatic nitrogens is 3. The van der Waals surface area contributed by atoms with Crippen LogP contribution in [-0.2, 0) is 27.7 Å². The number of aryl methyl sites for hydroxylation is 1. The Balaban J connectivity index is 1.45. The molecule has 8 nitrogen and oxygen atoms in total. The highest BCUT2D eigenvalue weighted by atomic mass is 32.2. The van der Waals surface area contributed by atoms with Crippen molar-refractivity contribution in [2.24, 2.45) is 5.92 Å². The SMILES string of the molecule is CCCn1cnnc1CNC(=O)C1CCN([C@@H]2CCS(=O)(=O)C2)CC1. The average molecular weight is 369 g/mol. The summed E-state index contributed by atoms with van der Waals surface area (Å²) in [7, 11) is -2.85. The summed E-state index contributed by atoms with van der Waals surface area (Å²) in [6.07, 6.45) is 4.98. The van der Waals surface area contributed by atoms with Gasteiger partial charge in [-0.15, -0.1) is 10.2 Å². The van der Waals surface area contributed by atoms with E-state index in [2.05, 4.69) is 27.3 Å². The van der Waals surface area contributed by atoms with Crippen LogP contribution in [0.1, 0.15) is 38.4 Å². The van der Waals surface area contributed by atoms with Crippen molar-refractivity contribution in [3.63, 3.8) is 0 Å². The third-order valence-electron chi connectivity index (χ3n) is 5.21. The summed E-state index contributed by atoms with van der Waals surface area (Å²) in [5.41, 5.74) is 0. The third-order valence-corrected chi connectivity index (χ3v) is 6.96. The van der Waals surface area contributed by atoms with Crippen LogP contribution in [0, 0.1) is 5.92 Å². The lowest BCUT2D eigenvalue weighted by Crippen LogP contribution is -2.45. The Hall–Kier alpha value is -1.48. The number of likely N-dealkylation sites (tertiary alicyclic amines) is 1. The molecule has 1 amide bonds. The summed E-state index contributed by atoms with van der Waals surface area (Å²) in [5, 5.41) is 10.9. The van der Waals surface area contributed by atoms with Gasteiger partial charge in [0, 0.05) is 18.5 Å². The highest BCUT2D eigenvalue weighted by molar-refractivity contribution is 7.91. The smallest absolute Gasteiger partial charge is 0.223 e. The summed E-state index contributed by atoms with van der Waals surface area (Å²) in [6, 6.07) is 0.140. The Bertz CT molecular complexity index is 694. The number of hydrogen-bond donors (Lipinski definition) is 1. The van der Waals surface area contributed by atoms with Crippen LogP contribution in [0.5, 0.6) is 0 Å². The van der Waals surface area contributed by atoms with Crippen molar-refractivity contribution in [3.8, 4) is 0 Å². The van der Waals surface area contributed by atoms with Crippen LogP contribution < -0.4 is 5.32 Å². The molecule has 3 heterocycles. The number of nitrogens with one attached hydrogen (secondary N) is 1. The molecule has 2 fully saturated rings. The molecule has 0 unspecified atom stereocenters. The van der Waals surface area contributed by atoms with Gasteiger partial charge in [-0.2, -0.15) is 0 Å². The molecule has 0 spiro atoms. The molecule has 0 radical (unpaired) electrons. The first kappa shape index (κ1) is 18.3. The standard InChI is InChI=1S/C16H27N5O3S/c1-2-6-21-12-18-19-15(21)10-17-16(22)13-3-7-20(8-4-13)14-5-9-25(23,24)11-14/h12-14H,2-11H2,1H3,(H,17,22)/t14-/m1/s1. The molecule has 2 aliphatic rings. The lowest BCUT2D eigenvalue weighted by Gasteiger charge is -2.34. The van der Waals surface area contributed by atoms with Crippen molar-refractivity contribution >= 4 is 15.7 Å². The van der Waals surface area contributed by atoms with Gasteiger partial charge in [0.25, 0.3) is 0 Å². The van der Waals surface area contributed by atoms with Crippen molar-refractivity contribution in [2.75, 3.05) is 24.6 Å². The van der Waals surface area contributed by atoms with E-state index in [9.17, 15) is 13.2 Å². The van der Waals surface area contributed by atoms with Crippen LogP contribution in [0.2, 0.25) is 0 Å². The van der Waals surface area contributed by atoms with Gasteiger partial charge >= 0.3 is 0 Å². The maximum Gasteiger partial charge on any atom is 0.223 e. The maximum atomic E-state index is 12.4. The zero-order chi connectivity index (χ0) is 17.9. The Morgan fingerprint density at radius 2 is 2.08 bits per heavy atom. The van der Waals surface area contributed by atoms with Crippen molar-refractivity contribution in [2.45, 2.75) is 51.7 Å². The Morgan fingerprint density at radius 3 is 2.72 bits per heavy atom. The van der Waals surface area contributed by atoms with Crippen molar-refractivity contribution < 1.29 is 13.2 Å². The van der Waals surface area contributed by atoms with E-state index in [1.54, 1.807) is 6.33 Å². The number of amides is 1. The topological polar surface area (TPSA) is 97.2 Å². The zero-order valence-corrected chi connectivity index (χ0v) is 15.5. The second kappa shape index (κ2) is 7.82. The van der Waals surface area contributed by atoms with E-state index < -0.39 is 9.84 Å². The van der Waals surface area contributed by atoms with Gasteiger partial charge in [0.05, 0.1) is 18.1 Å². The summed E-state index contributed by atoms with van der Waals surface area (Å²) in [5.74, 6) is 1.42. The number of sulfone groups is 1. The summed E-state index contributed by atoms with van der Waals surface area (Å²) in [4.78, 5) is 14.7.